The number of hydrogen-bond acceptors (Lipinski definition) is 3. The number of aryl methyl sites for hydroxylation is 1. The highest BCUT2D eigenvalue weighted by Crippen LogP contribution is 2.32. The number of nitrogens with zero attached hydrogens (tertiary/aromatic N) is 1. The van der Waals surface area contributed by atoms with Gasteiger partial charge in [-0.25, -0.2) is 8.78 Å². The number of nitrogens with one attached hydrogen (secondary N) is 1. The second-order valence-electron chi connectivity index (χ2n) is 4.59. The van der Waals surface area contributed by atoms with E-state index in [4.69, 9.17) is 0 Å². The van der Waals surface area contributed by atoms with Crippen LogP contribution < -0.4 is 5.32 Å². The fourth-order valence-electron chi connectivity index (χ4n) is 2.32. The Hall–Kier alpha value is -0.620. The van der Waals surface area contributed by atoms with E-state index < -0.39 is 24.3 Å². The molecular formula is C13H20Cl2F2N2O. The molecule has 0 spiro atoms. The Kier molecular flexibility index (Phi) is 8.35. The molecule has 1 atom stereocenters. The summed E-state index contributed by atoms with van der Waals surface area (Å²) >= 11 is 0. The highest BCUT2D eigenvalue weighted by atomic mass is 35.5. The molecule has 1 aliphatic heterocycles. The lowest BCUT2D eigenvalue weighted by Crippen LogP contribution is -2.45. The summed E-state index contributed by atoms with van der Waals surface area (Å²) in [4.78, 5) is 1.93. The van der Waals surface area contributed by atoms with Crippen LogP contribution in [0.25, 0.3) is 0 Å². The zero-order chi connectivity index (χ0) is 13.1. The molecule has 1 saturated heterocycles. The van der Waals surface area contributed by atoms with Gasteiger partial charge in [-0.15, -0.1) is 24.8 Å². The van der Waals surface area contributed by atoms with Crippen LogP contribution in [0.5, 0.6) is 5.75 Å². The van der Waals surface area contributed by atoms with E-state index in [1.807, 2.05) is 4.90 Å². The van der Waals surface area contributed by atoms with Gasteiger partial charge in [-0.1, -0.05) is 12.1 Å². The van der Waals surface area contributed by atoms with Crippen LogP contribution in [0.2, 0.25) is 0 Å². The third-order valence-electron chi connectivity index (χ3n) is 3.44. The van der Waals surface area contributed by atoms with Crippen LogP contribution in [0.1, 0.15) is 17.2 Å². The first-order chi connectivity index (χ1) is 8.65. The lowest BCUT2D eigenvalue weighted by Gasteiger charge is -2.34. The van der Waals surface area contributed by atoms with Crippen molar-refractivity contribution in [2.24, 2.45) is 0 Å². The van der Waals surface area contributed by atoms with Gasteiger partial charge in [0.05, 0.1) is 6.04 Å². The molecule has 3 nitrogen and oxygen atoms in total. The van der Waals surface area contributed by atoms with Crippen LogP contribution >= 0.6 is 24.8 Å². The summed E-state index contributed by atoms with van der Waals surface area (Å²) in [5, 5.41) is 13.0. The molecule has 1 aromatic carbocycles. The second kappa shape index (κ2) is 8.62. The van der Waals surface area contributed by atoms with Gasteiger partial charge >= 0.3 is 0 Å². The Labute approximate surface area is 130 Å². The minimum Gasteiger partial charge on any atom is -0.505 e. The molecule has 1 aliphatic rings. The van der Waals surface area contributed by atoms with E-state index in [9.17, 15) is 13.9 Å². The third kappa shape index (κ3) is 3.95. The summed E-state index contributed by atoms with van der Waals surface area (Å²) < 4.78 is 26.9. The number of benzene rings is 1. The summed E-state index contributed by atoms with van der Waals surface area (Å²) in [6, 6.07) is 2.62. The maximum atomic E-state index is 13.7. The maximum Gasteiger partial charge on any atom is 0.168 e. The molecule has 7 heteroatoms. The van der Waals surface area contributed by atoms with E-state index in [2.05, 4.69) is 5.32 Å². The average Bonchev–Trinajstić information content (AvgIpc) is 2.41. The van der Waals surface area contributed by atoms with Crippen molar-refractivity contribution < 1.29 is 13.9 Å². The van der Waals surface area contributed by atoms with Crippen LogP contribution in [-0.4, -0.2) is 42.9 Å². The van der Waals surface area contributed by atoms with Gasteiger partial charge in [0.2, 0.25) is 0 Å². The molecule has 0 bridgehead atoms. The Balaban J connectivity index is 0.00000180. The van der Waals surface area contributed by atoms with Gasteiger partial charge in [0, 0.05) is 31.7 Å². The van der Waals surface area contributed by atoms with Crippen molar-refractivity contribution in [3.05, 3.63) is 29.1 Å². The smallest absolute Gasteiger partial charge is 0.168 e. The number of rotatable bonds is 3. The van der Waals surface area contributed by atoms with Crippen molar-refractivity contribution in [2.45, 2.75) is 13.0 Å². The molecule has 1 fully saturated rings. The van der Waals surface area contributed by atoms with Gasteiger partial charge in [-0.2, -0.15) is 0 Å². The fourth-order valence-corrected chi connectivity index (χ4v) is 2.32. The number of hydrogen-bond donors (Lipinski definition) is 2. The molecular weight excluding hydrogens is 309 g/mol. The number of aromatic hydroxyl groups is 1. The van der Waals surface area contributed by atoms with Crippen molar-refractivity contribution in [1.29, 1.82) is 0 Å². The Morgan fingerprint density at radius 3 is 2.45 bits per heavy atom. The first-order valence-electron chi connectivity index (χ1n) is 6.14. The molecule has 0 saturated carbocycles. The lowest BCUT2D eigenvalue weighted by molar-refractivity contribution is 0.144. The average molecular weight is 329 g/mol. The molecule has 0 radical (unpaired) electrons. The molecule has 0 unspecified atom stereocenters. The lowest BCUT2D eigenvalue weighted by atomic mass is 10.0. The van der Waals surface area contributed by atoms with Crippen molar-refractivity contribution >= 4 is 24.8 Å². The quantitative estimate of drug-likeness (QED) is 0.895. The fraction of sp³-hybridized carbons (Fsp3) is 0.538. The second-order valence-corrected chi connectivity index (χ2v) is 4.59. The largest absolute Gasteiger partial charge is 0.505 e. The standard InChI is InChI=1S/C13H18F2N2O.2ClH/c1-9-2-3-10(13(18)12(9)15)11(8-14)17-6-4-16-5-7-17;;/h2-3,11,16,18H,4-8H2,1H3;2*1H/t11-;;/m1../s1. The van der Waals surface area contributed by atoms with Crippen LogP contribution in [-0.2, 0) is 0 Å². The van der Waals surface area contributed by atoms with E-state index >= 15 is 0 Å². The Bertz CT molecular complexity index is 429. The molecule has 0 aromatic heterocycles. The molecule has 2 rings (SSSR count). The van der Waals surface area contributed by atoms with E-state index in [0.29, 0.717) is 24.2 Å². The van der Waals surface area contributed by atoms with Crippen LogP contribution in [0.15, 0.2) is 12.1 Å². The number of phenolic OH excluding ortho intramolecular Hbond substituents is 1. The Morgan fingerprint density at radius 1 is 1.30 bits per heavy atom. The first-order valence-corrected chi connectivity index (χ1v) is 6.14. The maximum absolute atomic E-state index is 13.7. The molecule has 1 heterocycles. The van der Waals surface area contributed by atoms with E-state index in [0.717, 1.165) is 13.1 Å². The first kappa shape index (κ1) is 19.4. The highest BCUT2D eigenvalue weighted by Gasteiger charge is 2.26. The van der Waals surface area contributed by atoms with Crippen LogP contribution in [0.4, 0.5) is 8.78 Å². The predicted octanol–water partition coefficient (Wildman–Crippen LogP) is 2.60. The van der Waals surface area contributed by atoms with Gasteiger partial charge in [0.15, 0.2) is 11.6 Å². The van der Waals surface area contributed by atoms with Crippen molar-refractivity contribution in [3.8, 4) is 5.75 Å². The summed E-state index contributed by atoms with van der Waals surface area (Å²) in [6.07, 6.45) is 0. The summed E-state index contributed by atoms with van der Waals surface area (Å²) in [7, 11) is 0. The SMILES string of the molecule is Cc1ccc([C@@H](CF)N2CCNCC2)c(O)c1F.Cl.Cl. The summed E-state index contributed by atoms with van der Waals surface area (Å²) in [6.45, 7) is 3.91. The zero-order valence-electron chi connectivity index (χ0n) is 11.2. The van der Waals surface area contributed by atoms with Crippen LogP contribution in [0, 0.1) is 12.7 Å². The summed E-state index contributed by atoms with van der Waals surface area (Å²) in [5.41, 5.74) is 0.705. The number of piperazine rings is 1. The van der Waals surface area contributed by atoms with Crippen molar-refractivity contribution in [2.75, 3.05) is 32.9 Å². The highest BCUT2D eigenvalue weighted by molar-refractivity contribution is 5.85. The Morgan fingerprint density at radius 2 is 1.90 bits per heavy atom. The summed E-state index contributed by atoms with van der Waals surface area (Å²) in [5.74, 6) is -1.07. The van der Waals surface area contributed by atoms with Crippen LogP contribution in [0.3, 0.4) is 0 Å². The van der Waals surface area contributed by atoms with E-state index in [1.165, 1.54) is 0 Å². The monoisotopic (exact) mass is 328 g/mol. The molecule has 2 N–H and O–H groups in total. The molecule has 116 valence electrons. The number of alkyl halides is 1. The third-order valence-corrected chi connectivity index (χ3v) is 3.44. The molecule has 0 aliphatic carbocycles. The van der Waals surface area contributed by atoms with Gasteiger partial charge in [-0.3, -0.25) is 4.90 Å². The van der Waals surface area contributed by atoms with E-state index in [-0.39, 0.29) is 24.8 Å². The normalized spacial score (nSPS) is 16.9. The number of phenols is 1. The van der Waals surface area contributed by atoms with Crippen molar-refractivity contribution in [3.63, 3.8) is 0 Å². The molecule has 1 aromatic rings. The number of halogens is 4. The van der Waals surface area contributed by atoms with Gasteiger partial charge < -0.3 is 10.4 Å². The predicted molar refractivity (Wildman–Crippen MR) is 80.5 cm³/mol. The molecule has 0 amide bonds. The molecule has 20 heavy (non-hydrogen) atoms. The zero-order valence-corrected chi connectivity index (χ0v) is 12.9. The van der Waals surface area contributed by atoms with Gasteiger partial charge in [0.1, 0.15) is 6.67 Å². The van der Waals surface area contributed by atoms with Gasteiger partial charge in [-0.05, 0) is 12.5 Å². The minimum absolute atomic E-state index is 0. The topological polar surface area (TPSA) is 35.5 Å². The van der Waals surface area contributed by atoms with Gasteiger partial charge in [0.25, 0.3) is 0 Å². The van der Waals surface area contributed by atoms with E-state index in [1.54, 1.807) is 19.1 Å². The van der Waals surface area contributed by atoms with Crippen molar-refractivity contribution in [1.82, 2.24) is 10.2 Å². The minimum atomic E-state index is -0.652.